The van der Waals surface area contributed by atoms with Crippen molar-refractivity contribution in [3.8, 4) is 0 Å². The van der Waals surface area contributed by atoms with Gasteiger partial charge in [-0.1, -0.05) is 103 Å². The Kier molecular flexibility index (Phi) is 8.04. The van der Waals surface area contributed by atoms with E-state index in [4.69, 9.17) is 20.9 Å². The summed E-state index contributed by atoms with van der Waals surface area (Å²) in [7, 11) is -3.65. The largest absolute Gasteiger partial charge is 0.355 e. The third-order valence-corrected chi connectivity index (χ3v) is 12.3. The maximum atomic E-state index is 14.2. The Balaban J connectivity index is 2.25. The molecule has 1 atom stereocenters. The van der Waals surface area contributed by atoms with Crippen LogP contribution in [0.15, 0.2) is 91.0 Å². The molecule has 0 fully saturated rings. The highest BCUT2D eigenvalue weighted by Crippen LogP contribution is 2.66. The summed E-state index contributed by atoms with van der Waals surface area (Å²) in [4.78, 5) is 0. The molecule has 0 bridgehead atoms. The van der Waals surface area contributed by atoms with E-state index in [9.17, 15) is 4.57 Å². The van der Waals surface area contributed by atoms with E-state index in [1.54, 1.807) is 0 Å². The van der Waals surface area contributed by atoms with Crippen molar-refractivity contribution < 1.29 is 13.6 Å². The number of nitrogens with one attached hydrogen (secondary N) is 1. The van der Waals surface area contributed by atoms with Gasteiger partial charge in [-0.05, 0) is 26.3 Å². The molecule has 31 heavy (non-hydrogen) atoms. The minimum atomic E-state index is -3.65. The van der Waals surface area contributed by atoms with Gasteiger partial charge in [0.25, 0.3) is 0 Å². The molecule has 0 unspecified atom stereocenters. The third-order valence-electron chi connectivity index (χ3n) is 5.10. The molecule has 0 aliphatic carbocycles. The van der Waals surface area contributed by atoms with Crippen LogP contribution < -0.4 is 15.7 Å². The fourth-order valence-corrected chi connectivity index (χ4v) is 10.2. The summed E-state index contributed by atoms with van der Waals surface area (Å²) in [5, 5.41) is 4.50. The standard InChI is InChI=1S/C24H29NO3P2S/c1-4-27-30(26,28-5-2)24(3,21-15-9-6-10-16-21)25-29(31,22-17-11-7-12-18-22)23-19-13-8-14-20-23/h6-20H,4-5H2,1-3H3,(H,25,31)/t24-/m1/s1. The lowest BCUT2D eigenvalue weighted by atomic mass is 10.1. The van der Waals surface area contributed by atoms with Crippen molar-refractivity contribution in [3.05, 3.63) is 96.6 Å². The lowest BCUT2D eigenvalue weighted by Crippen LogP contribution is -2.43. The summed E-state index contributed by atoms with van der Waals surface area (Å²) >= 11 is 6.39. The normalized spacial score (nSPS) is 14.2. The first-order valence-corrected chi connectivity index (χ1v) is 14.7. The Labute approximate surface area is 190 Å². The highest BCUT2D eigenvalue weighted by molar-refractivity contribution is 8.21. The topological polar surface area (TPSA) is 47.6 Å². The van der Waals surface area contributed by atoms with Gasteiger partial charge in [-0.3, -0.25) is 9.65 Å². The summed E-state index contributed by atoms with van der Waals surface area (Å²) in [6.45, 7) is 6.05. The number of hydrogen-bond acceptors (Lipinski definition) is 4. The lowest BCUT2D eigenvalue weighted by molar-refractivity contribution is 0.195. The minimum absolute atomic E-state index is 0.265. The van der Waals surface area contributed by atoms with E-state index in [0.717, 1.165) is 16.2 Å². The van der Waals surface area contributed by atoms with Crippen molar-refractivity contribution >= 4 is 36.2 Å². The fraction of sp³-hybridized carbons (Fsp3) is 0.250. The van der Waals surface area contributed by atoms with Gasteiger partial charge in [0.1, 0.15) is 5.28 Å². The van der Waals surface area contributed by atoms with Crippen LogP contribution >= 0.6 is 13.8 Å². The van der Waals surface area contributed by atoms with Gasteiger partial charge in [-0.2, -0.15) is 0 Å². The van der Waals surface area contributed by atoms with Gasteiger partial charge in [-0.25, -0.2) is 0 Å². The fourth-order valence-electron chi connectivity index (χ4n) is 3.54. The number of hydrogen-bond donors (Lipinski definition) is 1. The van der Waals surface area contributed by atoms with Gasteiger partial charge >= 0.3 is 7.60 Å². The highest BCUT2D eigenvalue weighted by Gasteiger charge is 2.51. The average molecular weight is 474 g/mol. The van der Waals surface area contributed by atoms with E-state index in [0.29, 0.717) is 0 Å². The molecule has 3 aromatic carbocycles. The zero-order valence-electron chi connectivity index (χ0n) is 18.1. The molecule has 0 aliphatic rings. The summed E-state index contributed by atoms with van der Waals surface area (Å²) < 4.78 is 25.9. The van der Waals surface area contributed by atoms with Gasteiger partial charge in [-0.15, -0.1) is 0 Å². The summed E-state index contributed by atoms with van der Waals surface area (Å²) in [6.07, 6.45) is -2.60. The Hall–Kier alpha value is -1.58. The van der Waals surface area contributed by atoms with Crippen LogP contribution in [0.1, 0.15) is 26.3 Å². The first-order chi connectivity index (χ1) is 14.9. The van der Waals surface area contributed by atoms with Crippen LogP contribution in [0, 0.1) is 0 Å². The molecule has 0 aromatic heterocycles. The first-order valence-electron chi connectivity index (χ1n) is 10.3. The Morgan fingerprint density at radius 2 is 1.16 bits per heavy atom. The molecule has 7 heteroatoms. The molecule has 0 amide bonds. The first kappa shape index (κ1) is 24.1. The van der Waals surface area contributed by atoms with E-state index < -0.39 is 19.1 Å². The minimum Gasteiger partial charge on any atom is -0.307 e. The quantitative estimate of drug-likeness (QED) is 0.380. The van der Waals surface area contributed by atoms with Gasteiger partial charge < -0.3 is 9.05 Å². The van der Waals surface area contributed by atoms with Crippen LogP contribution in [0.25, 0.3) is 0 Å². The monoisotopic (exact) mass is 473 g/mol. The Morgan fingerprint density at radius 1 is 0.774 bits per heavy atom. The van der Waals surface area contributed by atoms with Crippen molar-refractivity contribution in [2.24, 2.45) is 0 Å². The molecule has 3 aromatic rings. The second kappa shape index (κ2) is 10.4. The average Bonchev–Trinajstić information content (AvgIpc) is 2.81. The third kappa shape index (κ3) is 4.93. The van der Waals surface area contributed by atoms with E-state index in [2.05, 4.69) is 5.09 Å². The molecular weight excluding hydrogens is 444 g/mol. The lowest BCUT2D eigenvalue weighted by Gasteiger charge is -2.41. The predicted molar refractivity (Wildman–Crippen MR) is 134 cm³/mol. The Morgan fingerprint density at radius 3 is 1.55 bits per heavy atom. The van der Waals surface area contributed by atoms with E-state index >= 15 is 0 Å². The summed E-state index contributed by atoms with van der Waals surface area (Å²) in [5.74, 6) is 0. The predicted octanol–water partition coefficient (Wildman–Crippen LogP) is 5.76. The molecule has 0 radical (unpaired) electrons. The molecular formula is C24H29NO3P2S. The van der Waals surface area contributed by atoms with Crippen LogP contribution in [-0.2, 0) is 30.7 Å². The molecule has 3 rings (SSSR count). The van der Waals surface area contributed by atoms with Crippen LogP contribution in [0.5, 0.6) is 0 Å². The molecule has 1 N–H and O–H groups in total. The number of benzene rings is 3. The highest BCUT2D eigenvalue weighted by atomic mass is 32.4. The van der Waals surface area contributed by atoms with Crippen LogP contribution in [0.4, 0.5) is 0 Å². The summed E-state index contributed by atoms with van der Waals surface area (Å²) in [6, 6.07) is 29.6. The molecule has 4 nitrogen and oxygen atoms in total. The molecule has 0 aliphatic heterocycles. The van der Waals surface area contributed by atoms with Crippen molar-refractivity contribution in [1.29, 1.82) is 0 Å². The van der Waals surface area contributed by atoms with Crippen LogP contribution in [0.2, 0.25) is 0 Å². The zero-order valence-corrected chi connectivity index (χ0v) is 20.7. The van der Waals surface area contributed by atoms with Crippen molar-refractivity contribution in [2.75, 3.05) is 13.2 Å². The maximum absolute atomic E-state index is 14.2. The van der Waals surface area contributed by atoms with Crippen molar-refractivity contribution in [2.45, 2.75) is 26.1 Å². The van der Waals surface area contributed by atoms with Crippen molar-refractivity contribution in [3.63, 3.8) is 0 Å². The van der Waals surface area contributed by atoms with Crippen molar-refractivity contribution in [1.82, 2.24) is 5.09 Å². The molecule has 164 valence electrons. The Bertz CT molecular complexity index is 1010. The second-order valence-corrected chi connectivity index (χ2v) is 13.7. The summed E-state index contributed by atoms with van der Waals surface area (Å²) in [5.41, 5.74) is 0.807. The molecule has 0 saturated heterocycles. The van der Waals surface area contributed by atoms with E-state index in [1.165, 1.54) is 0 Å². The van der Waals surface area contributed by atoms with E-state index in [-0.39, 0.29) is 13.2 Å². The number of rotatable bonds is 10. The molecule has 0 heterocycles. The van der Waals surface area contributed by atoms with E-state index in [1.807, 2.05) is 112 Å². The van der Waals surface area contributed by atoms with Crippen LogP contribution in [-0.4, -0.2) is 13.2 Å². The van der Waals surface area contributed by atoms with Gasteiger partial charge in [0.2, 0.25) is 0 Å². The maximum Gasteiger partial charge on any atom is 0.355 e. The van der Waals surface area contributed by atoms with Gasteiger partial charge in [0.05, 0.1) is 19.4 Å². The zero-order chi connectivity index (χ0) is 22.4. The van der Waals surface area contributed by atoms with Gasteiger partial charge in [0.15, 0.2) is 0 Å². The molecule has 0 saturated carbocycles. The van der Waals surface area contributed by atoms with Gasteiger partial charge in [0, 0.05) is 10.6 Å². The second-order valence-electron chi connectivity index (χ2n) is 7.16. The van der Waals surface area contributed by atoms with Crippen LogP contribution in [0.3, 0.4) is 0 Å². The SMILES string of the molecule is CCOP(=O)(OCC)[C@@](C)(NP(=S)(c1ccccc1)c1ccccc1)c1ccccc1. The smallest absolute Gasteiger partial charge is 0.307 e. The molecule has 0 spiro atoms.